The van der Waals surface area contributed by atoms with E-state index in [4.69, 9.17) is 0 Å². The Hall–Kier alpha value is -1.97. The minimum absolute atomic E-state index is 0.108. The van der Waals surface area contributed by atoms with E-state index in [2.05, 4.69) is 15.3 Å². The van der Waals surface area contributed by atoms with E-state index in [-0.39, 0.29) is 23.7 Å². The smallest absolute Gasteiger partial charge is 0.270 e. The molecule has 0 aliphatic carbocycles. The van der Waals surface area contributed by atoms with Gasteiger partial charge in [0.1, 0.15) is 5.82 Å². The summed E-state index contributed by atoms with van der Waals surface area (Å²) in [4.78, 5) is 28.9. The number of carbonyl (C=O) groups excluding carboxylic acids is 1. The molecule has 1 heterocycles. The number of non-ortho nitro benzene ring substituents is 1. The van der Waals surface area contributed by atoms with Gasteiger partial charge in [-0.25, -0.2) is 4.98 Å². The van der Waals surface area contributed by atoms with E-state index in [0.717, 1.165) is 0 Å². The van der Waals surface area contributed by atoms with Gasteiger partial charge in [0.25, 0.3) is 11.6 Å². The molecule has 0 saturated heterocycles. The fourth-order valence-corrected chi connectivity index (χ4v) is 2.04. The first-order chi connectivity index (χ1) is 9.08. The van der Waals surface area contributed by atoms with Crippen LogP contribution in [0.25, 0.3) is 0 Å². The molecule has 0 atom stereocenters. The molecular formula is C11H9IN4O3. The van der Waals surface area contributed by atoms with Crippen LogP contribution in [0.1, 0.15) is 16.2 Å². The van der Waals surface area contributed by atoms with Gasteiger partial charge in [0, 0.05) is 28.1 Å². The summed E-state index contributed by atoms with van der Waals surface area (Å²) in [5.41, 5.74) is 0.171. The van der Waals surface area contributed by atoms with Crippen molar-refractivity contribution in [2.45, 2.75) is 6.54 Å². The monoisotopic (exact) mass is 372 g/mol. The molecule has 0 radical (unpaired) electrons. The third kappa shape index (κ3) is 3.28. The van der Waals surface area contributed by atoms with Gasteiger partial charge >= 0.3 is 0 Å². The van der Waals surface area contributed by atoms with Crippen molar-refractivity contribution in [3.05, 3.63) is 55.7 Å². The maximum Gasteiger partial charge on any atom is 0.270 e. The molecule has 19 heavy (non-hydrogen) atoms. The van der Waals surface area contributed by atoms with E-state index in [1.54, 1.807) is 18.5 Å². The lowest BCUT2D eigenvalue weighted by Crippen LogP contribution is -2.24. The first-order valence-electron chi connectivity index (χ1n) is 5.28. The Morgan fingerprint density at radius 2 is 2.32 bits per heavy atom. The van der Waals surface area contributed by atoms with Crippen molar-refractivity contribution >= 4 is 34.2 Å². The molecule has 0 aliphatic rings. The predicted octanol–water partition coefficient (Wildman–Crippen LogP) is 1.85. The molecule has 0 unspecified atom stereocenters. The van der Waals surface area contributed by atoms with Gasteiger partial charge in [-0.1, -0.05) is 0 Å². The Morgan fingerprint density at radius 1 is 1.53 bits per heavy atom. The van der Waals surface area contributed by atoms with Gasteiger partial charge in [-0.3, -0.25) is 14.9 Å². The zero-order valence-corrected chi connectivity index (χ0v) is 11.7. The van der Waals surface area contributed by atoms with E-state index in [0.29, 0.717) is 9.39 Å². The van der Waals surface area contributed by atoms with E-state index in [1.807, 2.05) is 22.6 Å². The first-order valence-corrected chi connectivity index (χ1v) is 6.36. The highest BCUT2D eigenvalue weighted by atomic mass is 127. The molecular weight excluding hydrogens is 363 g/mol. The second-order valence-electron chi connectivity index (χ2n) is 3.64. The maximum absolute atomic E-state index is 12.0. The number of nitro groups is 1. The quantitative estimate of drug-likeness (QED) is 0.486. The number of rotatable bonds is 4. The lowest BCUT2D eigenvalue weighted by Gasteiger charge is -2.05. The fraction of sp³-hybridized carbons (Fsp3) is 0.0909. The summed E-state index contributed by atoms with van der Waals surface area (Å²) in [6.45, 7) is 0.241. The number of hydrogen-bond donors (Lipinski definition) is 2. The molecule has 0 spiro atoms. The Morgan fingerprint density at radius 3 is 2.95 bits per heavy atom. The number of nitro benzene ring substituents is 1. The van der Waals surface area contributed by atoms with Gasteiger partial charge in [-0.15, -0.1) is 0 Å². The Balaban J connectivity index is 2.14. The molecule has 8 heteroatoms. The summed E-state index contributed by atoms with van der Waals surface area (Å²) in [5.74, 6) is 0.248. The SMILES string of the molecule is O=C(NCc1ncc[nH]1)c1cc([N+](=O)[O-])ccc1I. The molecule has 98 valence electrons. The van der Waals surface area contributed by atoms with E-state index in [1.165, 1.54) is 12.1 Å². The number of carbonyl (C=O) groups is 1. The highest BCUT2D eigenvalue weighted by Gasteiger charge is 2.15. The van der Waals surface area contributed by atoms with Gasteiger partial charge in [0.2, 0.25) is 0 Å². The summed E-state index contributed by atoms with van der Waals surface area (Å²) in [6, 6.07) is 4.17. The molecule has 7 nitrogen and oxygen atoms in total. The normalized spacial score (nSPS) is 10.2. The summed E-state index contributed by atoms with van der Waals surface area (Å²) in [7, 11) is 0. The van der Waals surface area contributed by atoms with Gasteiger partial charge in [0.15, 0.2) is 0 Å². The summed E-state index contributed by atoms with van der Waals surface area (Å²) in [6.07, 6.45) is 3.23. The molecule has 0 saturated carbocycles. The largest absolute Gasteiger partial charge is 0.347 e. The van der Waals surface area contributed by atoms with Crippen LogP contribution >= 0.6 is 22.6 Å². The van der Waals surface area contributed by atoms with E-state index in [9.17, 15) is 14.9 Å². The van der Waals surface area contributed by atoms with Crippen LogP contribution in [-0.2, 0) is 6.54 Å². The average Bonchev–Trinajstić information content (AvgIpc) is 2.89. The number of nitrogens with one attached hydrogen (secondary N) is 2. The molecule has 2 aromatic rings. The lowest BCUT2D eigenvalue weighted by atomic mass is 10.2. The summed E-state index contributed by atoms with van der Waals surface area (Å²) >= 11 is 1.96. The standard InChI is InChI=1S/C11H9IN4O3/c12-9-2-1-7(16(18)19)5-8(9)11(17)15-6-10-13-3-4-14-10/h1-5H,6H2,(H,13,14)(H,15,17). The van der Waals surface area contributed by atoms with Crippen LogP contribution in [0.3, 0.4) is 0 Å². The second kappa shape index (κ2) is 5.78. The number of nitrogens with zero attached hydrogens (tertiary/aromatic N) is 2. The molecule has 2 N–H and O–H groups in total. The lowest BCUT2D eigenvalue weighted by molar-refractivity contribution is -0.384. The zero-order valence-electron chi connectivity index (χ0n) is 9.59. The van der Waals surface area contributed by atoms with Crippen molar-refractivity contribution in [3.63, 3.8) is 0 Å². The highest BCUT2D eigenvalue weighted by Crippen LogP contribution is 2.19. The van der Waals surface area contributed by atoms with Crippen LogP contribution in [0.4, 0.5) is 5.69 Å². The first kappa shape index (κ1) is 13.5. The zero-order chi connectivity index (χ0) is 13.8. The van der Waals surface area contributed by atoms with Gasteiger partial charge in [-0.05, 0) is 28.7 Å². The average molecular weight is 372 g/mol. The maximum atomic E-state index is 12.0. The molecule has 2 rings (SSSR count). The van der Waals surface area contributed by atoms with Crippen LogP contribution in [0.2, 0.25) is 0 Å². The third-order valence-electron chi connectivity index (χ3n) is 2.38. The highest BCUT2D eigenvalue weighted by molar-refractivity contribution is 14.1. The number of halogens is 1. The van der Waals surface area contributed by atoms with Crippen molar-refractivity contribution in [3.8, 4) is 0 Å². The number of aromatic nitrogens is 2. The molecule has 0 bridgehead atoms. The topological polar surface area (TPSA) is 101 Å². The summed E-state index contributed by atoms with van der Waals surface area (Å²) < 4.78 is 0.653. The minimum Gasteiger partial charge on any atom is -0.347 e. The van der Waals surface area contributed by atoms with Gasteiger partial charge in [0.05, 0.1) is 17.0 Å². The Labute approximate surface area is 121 Å². The Bertz CT molecular complexity index is 612. The Kier molecular flexibility index (Phi) is 4.10. The number of aromatic amines is 1. The number of H-pyrrole nitrogens is 1. The number of amides is 1. The van der Waals surface area contributed by atoms with Crippen LogP contribution in [-0.4, -0.2) is 20.8 Å². The third-order valence-corrected chi connectivity index (χ3v) is 3.32. The number of imidazole rings is 1. The van der Waals surface area contributed by atoms with Gasteiger partial charge < -0.3 is 10.3 Å². The van der Waals surface area contributed by atoms with Crippen LogP contribution in [0, 0.1) is 13.7 Å². The van der Waals surface area contributed by atoms with Crippen molar-refractivity contribution in [1.82, 2.24) is 15.3 Å². The molecule has 0 fully saturated rings. The summed E-state index contributed by atoms with van der Waals surface area (Å²) in [5, 5.41) is 13.3. The number of benzene rings is 1. The molecule has 1 aromatic heterocycles. The van der Waals surface area contributed by atoms with Crippen molar-refractivity contribution < 1.29 is 9.72 Å². The predicted molar refractivity (Wildman–Crippen MR) is 75.6 cm³/mol. The molecule has 1 aromatic carbocycles. The fourth-order valence-electron chi connectivity index (χ4n) is 1.45. The van der Waals surface area contributed by atoms with Crippen LogP contribution in [0.5, 0.6) is 0 Å². The van der Waals surface area contributed by atoms with Crippen LogP contribution in [0.15, 0.2) is 30.6 Å². The van der Waals surface area contributed by atoms with Crippen molar-refractivity contribution in [1.29, 1.82) is 0 Å². The second-order valence-corrected chi connectivity index (χ2v) is 4.80. The van der Waals surface area contributed by atoms with E-state index >= 15 is 0 Å². The molecule has 1 amide bonds. The minimum atomic E-state index is -0.528. The van der Waals surface area contributed by atoms with Gasteiger partial charge in [-0.2, -0.15) is 0 Å². The van der Waals surface area contributed by atoms with Crippen LogP contribution < -0.4 is 5.32 Å². The van der Waals surface area contributed by atoms with E-state index < -0.39 is 4.92 Å². The molecule has 0 aliphatic heterocycles. The number of hydrogen-bond acceptors (Lipinski definition) is 4. The van der Waals surface area contributed by atoms with Crippen molar-refractivity contribution in [2.75, 3.05) is 0 Å². The van der Waals surface area contributed by atoms with Crippen molar-refractivity contribution in [2.24, 2.45) is 0 Å².